The molecular formula is C36H51N5O2. The molecule has 1 aliphatic heterocycles. The normalized spacial score (nSPS) is 20.3. The van der Waals surface area contributed by atoms with Gasteiger partial charge in [-0.05, 0) is 74.4 Å². The number of hydrogen-bond acceptors (Lipinski definition) is 4. The van der Waals surface area contributed by atoms with Crippen molar-refractivity contribution < 1.29 is 9.59 Å². The van der Waals surface area contributed by atoms with E-state index in [0.717, 1.165) is 66.7 Å². The van der Waals surface area contributed by atoms with Crippen LogP contribution < -0.4 is 16.0 Å². The SMILES string of the molecule is Cc1ccc2c(c1)N(c1ccc(NC(=O)[C@@H](N)C(C)C)cc1)C(=O)N(C1CCCCCCCCC1)N=C2C1CCCCC1. The molecule has 43 heavy (non-hydrogen) atoms. The van der Waals surface area contributed by atoms with E-state index >= 15 is 0 Å². The maximum atomic E-state index is 14.8. The van der Waals surface area contributed by atoms with Gasteiger partial charge in [-0.1, -0.05) is 90.2 Å². The Kier molecular flexibility index (Phi) is 10.6. The van der Waals surface area contributed by atoms with Gasteiger partial charge in [0.1, 0.15) is 0 Å². The predicted molar refractivity (Wildman–Crippen MR) is 177 cm³/mol. The van der Waals surface area contributed by atoms with Gasteiger partial charge >= 0.3 is 6.03 Å². The van der Waals surface area contributed by atoms with E-state index in [2.05, 4.69) is 30.4 Å². The number of rotatable bonds is 6. The third kappa shape index (κ3) is 7.49. The first-order valence-corrected chi connectivity index (χ1v) is 16.8. The number of fused-ring (bicyclic) bond motifs is 1. The highest BCUT2D eigenvalue weighted by atomic mass is 16.2. The lowest BCUT2D eigenvalue weighted by Crippen LogP contribution is -2.43. The van der Waals surface area contributed by atoms with Gasteiger partial charge in [-0.15, -0.1) is 0 Å². The average Bonchev–Trinajstić information content (AvgIpc) is 3.13. The summed E-state index contributed by atoms with van der Waals surface area (Å²) in [7, 11) is 0. The van der Waals surface area contributed by atoms with Gasteiger partial charge in [-0.3, -0.25) is 9.69 Å². The molecule has 1 atom stereocenters. The minimum absolute atomic E-state index is 0.0417. The molecule has 3 amide bonds. The van der Waals surface area contributed by atoms with E-state index < -0.39 is 6.04 Å². The van der Waals surface area contributed by atoms with Gasteiger partial charge in [0.25, 0.3) is 0 Å². The van der Waals surface area contributed by atoms with E-state index in [4.69, 9.17) is 10.8 Å². The highest BCUT2D eigenvalue weighted by Crippen LogP contribution is 2.39. The minimum atomic E-state index is -0.581. The second kappa shape index (κ2) is 14.5. The van der Waals surface area contributed by atoms with Gasteiger partial charge in [-0.2, -0.15) is 5.10 Å². The van der Waals surface area contributed by atoms with Crippen LogP contribution in [0.1, 0.15) is 115 Å². The number of hydrazone groups is 1. The smallest absolute Gasteiger partial charge is 0.325 e. The van der Waals surface area contributed by atoms with Crippen molar-refractivity contribution in [2.24, 2.45) is 22.7 Å². The number of carbonyl (C=O) groups excluding carboxylic acids is 2. The van der Waals surface area contributed by atoms with E-state index in [1.54, 1.807) is 0 Å². The van der Waals surface area contributed by atoms with E-state index in [-0.39, 0.29) is 23.9 Å². The molecule has 5 rings (SSSR count). The van der Waals surface area contributed by atoms with E-state index in [9.17, 15) is 9.59 Å². The zero-order valence-corrected chi connectivity index (χ0v) is 26.5. The summed E-state index contributed by atoms with van der Waals surface area (Å²) < 4.78 is 0. The Morgan fingerprint density at radius 2 is 1.44 bits per heavy atom. The number of nitrogens with two attached hydrogens (primary N) is 1. The highest BCUT2D eigenvalue weighted by molar-refractivity contribution is 6.14. The van der Waals surface area contributed by atoms with Crippen LogP contribution in [0.15, 0.2) is 47.6 Å². The number of carbonyl (C=O) groups is 2. The van der Waals surface area contributed by atoms with Gasteiger partial charge in [0.15, 0.2) is 0 Å². The number of benzene rings is 2. The summed E-state index contributed by atoms with van der Waals surface area (Å²) in [5.74, 6) is 0.190. The molecule has 1 heterocycles. The van der Waals surface area contributed by atoms with Crippen LogP contribution >= 0.6 is 0 Å². The van der Waals surface area contributed by atoms with Crippen molar-refractivity contribution >= 4 is 34.7 Å². The van der Waals surface area contributed by atoms with Gasteiger partial charge in [-0.25, -0.2) is 9.80 Å². The largest absolute Gasteiger partial charge is 0.349 e. The maximum Gasteiger partial charge on any atom is 0.349 e. The molecule has 0 spiro atoms. The standard InChI is InChI=1S/C36H51N5O2/c1-25(2)33(37)35(42)38-28-19-21-29(22-20-28)40-32-24-26(3)18-23-31(32)34(27-14-10-9-11-15-27)39-41(36(40)43)30-16-12-7-5-4-6-8-13-17-30/h18-25,27,30,33H,4-17,37H2,1-3H3,(H,38,42)/t33-/m0/s1. The van der Waals surface area contributed by atoms with Gasteiger partial charge in [0.2, 0.25) is 5.91 Å². The molecule has 0 unspecified atom stereocenters. The summed E-state index contributed by atoms with van der Waals surface area (Å²) >= 11 is 0. The Morgan fingerprint density at radius 1 is 0.860 bits per heavy atom. The van der Waals surface area contributed by atoms with Crippen LogP contribution in [0.25, 0.3) is 0 Å². The number of amides is 3. The first-order chi connectivity index (χ1) is 20.8. The summed E-state index contributed by atoms with van der Waals surface area (Å²) in [6.07, 6.45) is 16.4. The second-order valence-corrected chi connectivity index (χ2v) is 13.3. The zero-order valence-electron chi connectivity index (χ0n) is 26.5. The topological polar surface area (TPSA) is 91.0 Å². The maximum absolute atomic E-state index is 14.8. The van der Waals surface area contributed by atoms with Crippen LogP contribution in [0.4, 0.5) is 21.9 Å². The van der Waals surface area contributed by atoms with Crippen molar-refractivity contribution in [3.63, 3.8) is 0 Å². The number of anilines is 3. The molecule has 0 saturated heterocycles. The summed E-state index contributed by atoms with van der Waals surface area (Å²) in [5, 5.41) is 10.2. The molecule has 7 nitrogen and oxygen atoms in total. The Labute approximate surface area is 258 Å². The van der Waals surface area contributed by atoms with Gasteiger partial charge < -0.3 is 11.1 Å². The zero-order chi connectivity index (χ0) is 30.3. The number of hydrogen-bond donors (Lipinski definition) is 2. The van der Waals surface area contributed by atoms with Crippen LogP contribution in [0, 0.1) is 18.8 Å². The Bertz CT molecular complexity index is 1270. The first-order valence-electron chi connectivity index (χ1n) is 16.8. The fourth-order valence-electron chi connectivity index (χ4n) is 6.88. The van der Waals surface area contributed by atoms with E-state index in [0.29, 0.717) is 11.6 Å². The molecule has 2 aliphatic carbocycles. The van der Waals surface area contributed by atoms with Crippen LogP contribution in [0.5, 0.6) is 0 Å². The quantitative estimate of drug-likeness (QED) is 0.355. The number of nitrogens with one attached hydrogen (secondary N) is 1. The van der Waals surface area contributed by atoms with Crippen LogP contribution in [-0.4, -0.2) is 34.7 Å². The molecule has 2 fully saturated rings. The predicted octanol–water partition coefficient (Wildman–Crippen LogP) is 8.67. The lowest BCUT2D eigenvalue weighted by Gasteiger charge is -2.32. The molecule has 0 bridgehead atoms. The van der Waals surface area contributed by atoms with Crippen molar-refractivity contribution in [3.05, 3.63) is 53.6 Å². The Balaban J connectivity index is 1.55. The van der Waals surface area contributed by atoms with Crippen LogP contribution in [-0.2, 0) is 4.79 Å². The average molecular weight is 586 g/mol. The van der Waals surface area contributed by atoms with Gasteiger partial charge in [0, 0.05) is 17.2 Å². The lowest BCUT2D eigenvalue weighted by molar-refractivity contribution is -0.118. The first kappa shape index (κ1) is 31.2. The van der Waals surface area contributed by atoms with Crippen molar-refractivity contribution in [3.8, 4) is 0 Å². The molecule has 0 aromatic heterocycles. The molecule has 2 aromatic carbocycles. The van der Waals surface area contributed by atoms with E-state index in [1.807, 2.05) is 48.0 Å². The van der Waals surface area contributed by atoms with Crippen molar-refractivity contribution in [1.29, 1.82) is 0 Å². The molecule has 2 aromatic rings. The summed E-state index contributed by atoms with van der Waals surface area (Å²) in [6.45, 7) is 5.96. The van der Waals surface area contributed by atoms with Crippen molar-refractivity contribution in [1.82, 2.24) is 5.01 Å². The molecular weight excluding hydrogens is 534 g/mol. The highest BCUT2D eigenvalue weighted by Gasteiger charge is 2.37. The molecule has 7 heteroatoms. The molecule has 3 aliphatic rings. The van der Waals surface area contributed by atoms with Crippen molar-refractivity contribution in [2.45, 2.75) is 123 Å². The van der Waals surface area contributed by atoms with Crippen molar-refractivity contribution in [2.75, 3.05) is 10.2 Å². The van der Waals surface area contributed by atoms with Crippen LogP contribution in [0.3, 0.4) is 0 Å². The number of urea groups is 1. The van der Waals surface area contributed by atoms with Crippen LogP contribution in [0.2, 0.25) is 0 Å². The monoisotopic (exact) mass is 585 g/mol. The third-order valence-corrected chi connectivity index (χ3v) is 9.60. The fourth-order valence-corrected chi connectivity index (χ4v) is 6.88. The molecule has 3 N–H and O–H groups in total. The molecule has 0 radical (unpaired) electrons. The number of aryl methyl sites for hydroxylation is 1. The molecule has 2 saturated carbocycles. The lowest BCUT2D eigenvalue weighted by atomic mass is 9.82. The van der Waals surface area contributed by atoms with Gasteiger partial charge in [0.05, 0.1) is 29.2 Å². The summed E-state index contributed by atoms with van der Waals surface area (Å²) in [6, 6.07) is 13.5. The summed E-state index contributed by atoms with van der Waals surface area (Å²) in [4.78, 5) is 29.3. The second-order valence-electron chi connectivity index (χ2n) is 13.3. The summed E-state index contributed by atoms with van der Waals surface area (Å²) in [5.41, 5.74) is 11.7. The fraction of sp³-hybridized carbons (Fsp3) is 0.583. The minimum Gasteiger partial charge on any atom is -0.325 e. The number of nitrogens with zero attached hydrogens (tertiary/aromatic N) is 3. The Hall–Kier alpha value is -3.19. The Morgan fingerprint density at radius 3 is 2.07 bits per heavy atom. The third-order valence-electron chi connectivity index (χ3n) is 9.60. The van der Waals surface area contributed by atoms with E-state index in [1.165, 1.54) is 51.4 Å². The molecule has 232 valence electrons.